The highest BCUT2D eigenvalue weighted by Gasteiger charge is 2.44. The van der Waals surface area contributed by atoms with Crippen LogP contribution >= 0.6 is 0 Å². The van der Waals surface area contributed by atoms with Crippen LogP contribution < -0.4 is 0 Å². The van der Waals surface area contributed by atoms with Gasteiger partial charge in [-0.15, -0.1) is 0 Å². The van der Waals surface area contributed by atoms with Crippen LogP contribution in [0.4, 0.5) is 0 Å². The van der Waals surface area contributed by atoms with Crippen molar-refractivity contribution in [2.45, 2.75) is 38.1 Å². The number of carbonyl (C=O) groups is 2. The summed E-state index contributed by atoms with van der Waals surface area (Å²) in [5.41, 5.74) is 0.251. The van der Waals surface area contributed by atoms with E-state index in [0.717, 1.165) is 45.3 Å². The van der Waals surface area contributed by atoms with Gasteiger partial charge in [0.1, 0.15) is 5.75 Å². The van der Waals surface area contributed by atoms with E-state index in [1.165, 1.54) is 12.3 Å². The summed E-state index contributed by atoms with van der Waals surface area (Å²) < 4.78 is 0. The Morgan fingerprint density at radius 1 is 1.26 bits per heavy atom. The molecule has 0 aromatic carbocycles. The molecule has 7 nitrogen and oxygen atoms in total. The fraction of sp³-hybridized carbons (Fsp3) is 0.650. The highest BCUT2D eigenvalue weighted by atomic mass is 16.3. The van der Waals surface area contributed by atoms with Crippen LogP contribution in [0.15, 0.2) is 18.3 Å². The highest BCUT2D eigenvalue weighted by Crippen LogP contribution is 2.41. The molecular formula is C20H28N4O3. The molecular weight excluding hydrogens is 344 g/mol. The van der Waals surface area contributed by atoms with E-state index in [-0.39, 0.29) is 28.7 Å². The Kier molecular flexibility index (Phi) is 4.80. The van der Waals surface area contributed by atoms with Gasteiger partial charge in [-0.25, -0.2) is 4.98 Å². The van der Waals surface area contributed by atoms with E-state index >= 15 is 0 Å². The van der Waals surface area contributed by atoms with Crippen LogP contribution in [-0.2, 0) is 4.79 Å². The van der Waals surface area contributed by atoms with E-state index in [1.807, 2.05) is 0 Å². The summed E-state index contributed by atoms with van der Waals surface area (Å²) in [7, 11) is 2.11. The minimum Gasteiger partial charge on any atom is -0.505 e. The molecule has 1 aromatic rings. The van der Waals surface area contributed by atoms with Gasteiger partial charge in [0.25, 0.3) is 5.91 Å². The second-order valence-corrected chi connectivity index (χ2v) is 8.39. The van der Waals surface area contributed by atoms with E-state index < -0.39 is 0 Å². The van der Waals surface area contributed by atoms with E-state index in [2.05, 4.69) is 21.8 Å². The molecule has 0 saturated carbocycles. The number of aromatic hydroxyl groups is 1. The fourth-order valence-corrected chi connectivity index (χ4v) is 4.85. The maximum atomic E-state index is 12.7. The largest absolute Gasteiger partial charge is 0.505 e. The molecule has 7 heteroatoms. The van der Waals surface area contributed by atoms with Crippen LogP contribution in [0.2, 0.25) is 0 Å². The second-order valence-electron chi connectivity index (χ2n) is 8.39. The quantitative estimate of drug-likeness (QED) is 0.848. The summed E-state index contributed by atoms with van der Waals surface area (Å²) in [5.74, 6) is 0.0181. The third-order valence-electron chi connectivity index (χ3n) is 6.60. The van der Waals surface area contributed by atoms with Crippen molar-refractivity contribution in [3.63, 3.8) is 0 Å². The molecule has 3 aliphatic heterocycles. The third-order valence-corrected chi connectivity index (χ3v) is 6.60. The summed E-state index contributed by atoms with van der Waals surface area (Å²) in [6, 6.07) is 3.45. The molecule has 3 fully saturated rings. The number of pyridine rings is 1. The lowest BCUT2D eigenvalue weighted by Gasteiger charge is -2.48. The number of amides is 2. The summed E-state index contributed by atoms with van der Waals surface area (Å²) in [4.78, 5) is 35.4. The van der Waals surface area contributed by atoms with E-state index in [1.54, 1.807) is 11.0 Å². The standard InChI is InChI=1S/C20H28N4O3/c1-22-10-5-15(13-22)24-14-20(6-4-17(24)26)7-11-23(12-8-20)19(27)18-16(25)3-2-9-21-18/h2-3,9,15,25H,4-8,10-14H2,1H3/t15-/m1/s1. The Morgan fingerprint density at radius 3 is 2.70 bits per heavy atom. The summed E-state index contributed by atoms with van der Waals surface area (Å²) >= 11 is 0. The van der Waals surface area contributed by atoms with E-state index in [9.17, 15) is 14.7 Å². The van der Waals surface area contributed by atoms with Gasteiger partial charge in [-0.1, -0.05) is 0 Å². The zero-order chi connectivity index (χ0) is 19.0. The number of hydrogen-bond donors (Lipinski definition) is 1. The first kappa shape index (κ1) is 18.2. The Balaban J connectivity index is 1.41. The highest BCUT2D eigenvalue weighted by molar-refractivity contribution is 5.94. The first-order valence-corrected chi connectivity index (χ1v) is 9.89. The van der Waals surface area contributed by atoms with Crippen molar-refractivity contribution in [1.82, 2.24) is 19.7 Å². The number of aromatic nitrogens is 1. The number of likely N-dealkylation sites (tertiary alicyclic amines) is 3. The molecule has 0 unspecified atom stereocenters. The molecule has 146 valence electrons. The molecule has 1 spiro atoms. The molecule has 1 aromatic heterocycles. The number of likely N-dealkylation sites (N-methyl/N-ethyl adjacent to an activating group) is 1. The van der Waals surface area contributed by atoms with Gasteiger partial charge in [-0.3, -0.25) is 9.59 Å². The predicted octanol–water partition coefficient (Wildman–Crippen LogP) is 1.34. The van der Waals surface area contributed by atoms with Gasteiger partial charge in [-0.2, -0.15) is 0 Å². The second kappa shape index (κ2) is 7.11. The lowest BCUT2D eigenvalue weighted by Crippen LogP contribution is -2.55. The molecule has 1 atom stereocenters. The van der Waals surface area contributed by atoms with Crippen LogP contribution in [0, 0.1) is 5.41 Å². The number of nitrogens with zero attached hydrogens (tertiary/aromatic N) is 4. The van der Waals surface area contributed by atoms with Crippen molar-refractivity contribution in [2.75, 3.05) is 39.8 Å². The normalized spacial score (nSPS) is 26.0. The van der Waals surface area contributed by atoms with E-state index in [4.69, 9.17) is 0 Å². The topological polar surface area (TPSA) is 77.0 Å². The lowest BCUT2D eigenvalue weighted by molar-refractivity contribution is -0.141. The van der Waals surface area contributed by atoms with Crippen molar-refractivity contribution >= 4 is 11.8 Å². The average molecular weight is 372 g/mol. The van der Waals surface area contributed by atoms with Gasteiger partial charge >= 0.3 is 0 Å². The smallest absolute Gasteiger partial charge is 0.276 e. The average Bonchev–Trinajstić information content (AvgIpc) is 3.11. The Morgan fingerprint density at radius 2 is 2.04 bits per heavy atom. The summed E-state index contributed by atoms with van der Waals surface area (Å²) in [5, 5.41) is 9.90. The van der Waals surface area contributed by atoms with Gasteiger partial charge in [0, 0.05) is 44.8 Å². The van der Waals surface area contributed by atoms with Crippen LogP contribution in [0.25, 0.3) is 0 Å². The van der Waals surface area contributed by atoms with Crippen molar-refractivity contribution < 1.29 is 14.7 Å². The monoisotopic (exact) mass is 372 g/mol. The van der Waals surface area contributed by atoms with Crippen molar-refractivity contribution in [2.24, 2.45) is 5.41 Å². The number of rotatable bonds is 2. The van der Waals surface area contributed by atoms with Crippen molar-refractivity contribution in [3.8, 4) is 5.75 Å². The van der Waals surface area contributed by atoms with Crippen LogP contribution in [-0.4, -0.2) is 82.4 Å². The molecule has 0 radical (unpaired) electrons. The van der Waals surface area contributed by atoms with E-state index in [0.29, 0.717) is 25.6 Å². The maximum Gasteiger partial charge on any atom is 0.276 e. The van der Waals surface area contributed by atoms with Gasteiger partial charge < -0.3 is 19.8 Å². The predicted molar refractivity (Wildman–Crippen MR) is 100 cm³/mol. The molecule has 4 heterocycles. The van der Waals surface area contributed by atoms with Gasteiger partial charge in [0.05, 0.1) is 0 Å². The molecule has 3 aliphatic rings. The van der Waals surface area contributed by atoms with Crippen LogP contribution in [0.1, 0.15) is 42.6 Å². The fourth-order valence-electron chi connectivity index (χ4n) is 4.85. The van der Waals surface area contributed by atoms with Crippen LogP contribution in [0.3, 0.4) is 0 Å². The molecule has 0 aliphatic carbocycles. The zero-order valence-corrected chi connectivity index (χ0v) is 15.9. The van der Waals surface area contributed by atoms with Gasteiger partial charge in [-0.05, 0) is 56.8 Å². The molecule has 0 bridgehead atoms. The molecule has 4 rings (SSSR count). The molecule has 27 heavy (non-hydrogen) atoms. The molecule has 3 saturated heterocycles. The Hall–Kier alpha value is -2.15. The minimum atomic E-state index is -0.205. The van der Waals surface area contributed by atoms with Gasteiger partial charge in [0.2, 0.25) is 5.91 Å². The maximum absolute atomic E-state index is 12.7. The zero-order valence-electron chi connectivity index (χ0n) is 15.9. The van der Waals surface area contributed by atoms with Crippen LogP contribution in [0.5, 0.6) is 5.75 Å². The molecule has 1 N–H and O–H groups in total. The number of hydrogen-bond acceptors (Lipinski definition) is 5. The third kappa shape index (κ3) is 3.52. The number of piperidine rings is 2. The summed E-state index contributed by atoms with van der Waals surface area (Å²) in [6.07, 6.45) is 5.93. The first-order chi connectivity index (χ1) is 13.0. The summed E-state index contributed by atoms with van der Waals surface area (Å²) in [6.45, 7) is 4.15. The SMILES string of the molecule is CN1CC[C@@H](N2CC3(CCC2=O)CCN(C(=O)c2ncccc2O)CC3)C1. The Labute approximate surface area is 160 Å². The Bertz CT molecular complexity index is 730. The number of carbonyl (C=O) groups excluding carboxylic acids is 2. The van der Waals surface area contributed by atoms with Gasteiger partial charge in [0.15, 0.2) is 5.69 Å². The molecule has 2 amide bonds. The first-order valence-electron chi connectivity index (χ1n) is 9.89. The minimum absolute atomic E-state index is 0.0671. The van der Waals surface area contributed by atoms with Crippen molar-refractivity contribution in [1.29, 1.82) is 0 Å². The van der Waals surface area contributed by atoms with Crippen molar-refractivity contribution in [3.05, 3.63) is 24.0 Å². The lowest BCUT2D eigenvalue weighted by atomic mass is 9.72.